The van der Waals surface area contributed by atoms with E-state index in [0.29, 0.717) is 42.6 Å². The lowest BCUT2D eigenvalue weighted by molar-refractivity contribution is -0.114. The van der Waals surface area contributed by atoms with Crippen molar-refractivity contribution in [2.75, 3.05) is 30.5 Å². The quantitative estimate of drug-likeness (QED) is 0.708. The molecule has 3 rings (SSSR count). The summed E-state index contributed by atoms with van der Waals surface area (Å²) in [7, 11) is 3.15. The number of carbonyl (C=O) groups is 1. The zero-order valence-corrected chi connectivity index (χ0v) is 16.3. The molecule has 0 bridgehead atoms. The first-order chi connectivity index (χ1) is 13.4. The van der Waals surface area contributed by atoms with Gasteiger partial charge in [0.2, 0.25) is 5.91 Å². The zero-order valence-electron chi connectivity index (χ0n) is 16.3. The van der Waals surface area contributed by atoms with Crippen molar-refractivity contribution >= 4 is 17.4 Å². The van der Waals surface area contributed by atoms with E-state index in [1.807, 2.05) is 12.1 Å². The zero-order chi connectivity index (χ0) is 20.3. The van der Waals surface area contributed by atoms with E-state index in [-0.39, 0.29) is 17.2 Å². The summed E-state index contributed by atoms with van der Waals surface area (Å²) in [5.41, 5.74) is 0.698. The summed E-state index contributed by atoms with van der Waals surface area (Å²) in [6.45, 7) is 3.76. The maximum Gasteiger partial charge on any atom is 0.332 e. The van der Waals surface area contributed by atoms with Gasteiger partial charge in [-0.3, -0.25) is 23.6 Å². The number of hydrogen-bond acceptors (Lipinski definition) is 6. The van der Waals surface area contributed by atoms with E-state index in [1.165, 1.54) is 18.5 Å². The first-order valence-electron chi connectivity index (χ1n) is 9.12. The van der Waals surface area contributed by atoms with Crippen molar-refractivity contribution in [2.24, 2.45) is 14.1 Å². The Morgan fingerprint density at radius 3 is 2.79 bits per heavy atom. The fraction of sp³-hybridized carbons (Fsp3) is 0.421. The Labute approximate surface area is 162 Å². The van der Waals surface area contributed by atoms with Crippen LogP contribution in [0.15, 0.2) is 33.9 Å². The lowest BCUT2D eigenvalue weighted by atomic mass is 10.2. The number of hydrogen-bond donors (Lipinski definition) is 2. The van der Waals surface area contributed by atoms with Gasteiger partial charge in [0.25, 0.3) is 5.56 Å². The van der Waals surface area contributed by atoms with Gasteiger partial charge < -0.3 is 15.4 Å². The highest BCUT2D eigenvalue weighted by atomic mass is 16.5. The van der Waals surface area contributed by atoms with E-state index >= 15 is 0 Å². The molecule has 0 radical (unpaired) electrons. The molecule has 0 fully saturated rings. The van der Waals surface area contributed by atoms with E-state index in [1.54, 1.807) is 19.2 Å². The molecule has 0 unspecified atom stereocenters. The molecule has 1 amide bonds. The summed E-state index contributed by atoms with van der Waals surface area (Å²) < 4.78 is 8.36. The van der Waals surface area contributed by atoms with Crippen LogP contribution in [-0.4, -0.2) is 39.8 Å². The Bertz CT molecular complexity index is 995. The van der Waals surface area contributed by atoms with E-state index in [0.717, 1.165) is 17.5 Å². The van der Waals surface area contributed by atoms with Crippen LogP contribution in [-0.2, 0) is 25.4 Å². The van der Waals surface area contributed by atoms with Crippen LogP contribution in [0.25, 0.3) is 0 Å². The van der Waals surface area contributed by atoms with Gasteiger partial charge in [-0.25, -0.2) is 4.79 Å². The van der Waals surface area contributed by atoms with Gasteiger partial charge in [0, 0.05) is 45.9 Å². The van der Waals surface area contributed by atoms with E-state index in [2.05, 4.69) is 15.5 Å². The summed E-state index contributed by atoms with van der Waals surface area (Å²) in [6, 6.07) is 7.25. The minimum Gasteiger partial charge on any atom is -0.493 e. The number of anilines is 2. The second-order valence-electron chi connectivity index (χ2n) is 6.83. The Morgan fingerprint density at radius 2 is 2.04 bits per heavy atom. The van der Waals surface area contributed by atoms with Crippen LogP contribution in [0.3, 0.4) is 0 Å². The molecule has 0 saturated heterocycles. The topological polar surface area (TPSA) is 97.6 Å². The van der Waals surface area contributed by atoms with Crippen molar-refractivity contribution in [1.82, 2.24) is 14.0 Å². The van der Waals surface area contributed by atoms with Crippen molar-refractivity contribution in [2.45, 2.75) is 19.9 Å². The Balaban J connectivity index is 1.54. The van der Waals surface area contributed by atoms with Crippen LogP contribution in [0.4, 0.5) is 11.5 Å². The molecule has 2 N–H and O–H groups in total. The minimum absolute atomic E-state index is 0.126. The van der Waals surface area contributed by atoms with Crippen molar-refractivity contribution in [1.29, 1.82) is 0 Å². The van der Waals surface area contributed by atoms with Gasteiger partial charge >= 0.3 is 5.69 Å². The smallest absolute Gasteiger partial charge is 0.332 e. The molecule has 1 aromatic heterocycles. The highest BCUT2D eigenvalue weighted by Crippen LogP contribution is 2.19. The molecular weight excluding hydrogens is 362 g/mol. The summed E-state index contributed by atoms with van der Waals surface area (Å²) in [6.07, 6.45) is 0.771. The van der Waals surface area contributed by atoms with Gasteiger partial charge in [-0.15, -0.1) is 0 Å². The third-order valence-corrected chi connectivity index (χ3v) is 4.65. The lowest BCUT2D eigenvalue weighted by Gasteiger charge is -2.30. The molecule has 2 heterocycles. The number of benzene rings is 1. The van der Waals surface area contributed by atoms with Gasteiger partial charge in [0.05, 0.1) is 18.8 Å². The normalized spacial score (nSPS) is 13.5. The number of fused-ring (bicyclic) bond motifs is 1. The second kappa shape index (κ2) is 8.30. The molecule has 150 valence electrons. The summed E-state index contributed by atoms with van der Waals surface area (Å²) >= 11 is 0. The number of ether oxygens (including phenoxy) is 1. The number of nitrogens with zero attached hydrogens (tertiary/aromatic N) is 3. The molecule has 1 aliphatic heterocycles. The number of amides is 1. The van der Waals surface area contributed by atoms with Crippen molar-refractivity contribution in [3.05, 3.63) is 50.7 Å². The molecule has 2 aromatic rings. The van der Waals surface area contributed by atoms with Crippen molar-refractivity contribution in [3.8, 4) is 5.75 Å². The van der Waals surface area contributed by atoms with Gasteiger partial charge in [0.1, 0.15) is 11.6 Å². The molecule has 0 saturated carbocycles. The Morgan fingerprint density at radius 1 is 1.25 bits per heavy atom. The fourth-order valence-electron chi connectivity index (χ4n) is 3.25. The highest BCUT2D eigenvalue weighted by molar-refractivity contribution is 5.88. The largest absolute Gasteiger partial charge is 0.493 e. The number of rotatable bonds is 6. The second-order valence-corrected chi connectivity index (χ2v) is 6.83. The molecule has 28 heavy (non-hydrogen) atoms. The minimum atomic E-state index is -0.334. The maximum absolute atomic E-state index is 12.4. The van der Waals surface area contributed by atoms with Crippen LogP contribution in [0.1, 0.15) is 18.9 Å². The van der Waals surface area contributed by atoms with Gasteiger partial charge in [0.15, 0.2) is 0 Å². The molecular formula is C19H25N5O4. The fourth-order valence-corrected chi connectivity index (χ4v) is 3.25. The molecule has 0 aliphatic carbocycles. The number of carbonyl (C=O) groups excluding carboxylic acids is 1. The van der Waals surface area contributed by atoms with Gasteiger partial charge in [-0.05, 0) is 18.6 Å². The van der Waals surface area contributed by atoms with Crippen LogP contribution in [0.5, 0.6) is 5.75 Å². The van der Waals surface area contributed by atoms with Crippen LogP contribution in [0, 0.1) is 0 Å². The van der Waals surface area contributed by atoms with E-state index < -0.39 is 0 Å². The van der Waals surface area contributed by atoms with E-state index in [9.17, 15) is 14.4 Å². The highest BCUT2D eigenvalue weighted by Gasteiger charge is 2.22. The Hall–Kier alpha value is -3.07. The predicted octanol–water partition coefficient (Wildman–Crippen LogP) is 0.696. The summed E-state index contributed by atoms with van der Waals surface area (Å²) in [5, 5.41) is 5.89. The first-order valence-corrected chi connectivity index (χ1v) is 9.12. The predicted molar refractivity (Wildman–Crippen MR) is 107 cm³/mol. The van der Waals surface area contributed by atoms with E-state index in [4.69, 9.17) is 4.74 Å². The summed E-state index contributed by atoms with van der Waals surface area (Å²) in [4.78, 5) is 37.6. The van der Waals surface area contributed by atoms with Crippen LogP contribution >= 0.6 is 0 Å². The molecule has 9 heteroatoms. The monoisotopic (exact) mass is 387 g/mol. The van der Waals surface area contributed by atoms with Crippen molar-refractivity contribution in [3.63, 3.8) is 0 Å². The number of nitrogens with one attached hydrogen (secondary N) is 2. The maximum atomic E-state index is 12.4. The lowest BCUT2D eigenvalue weighted by Crippen LogP contribution is -2.46. The van der Waals surface area contributed by atoms with Crippen LogP contribution < -0.4 is 26.6 Å². The van der Waals surface area contributed by atoms with Crippen LogP contribution in [0.2, 0.25) is 0 Å². The molecule has 1 aromatic carbocycles. The SMILES string of the molecule is CC(=O)Nc1cccc(OCCCN2CNc3c(c(=O)n(C)c(=O)n3C)C2)c1. The average molecular weight is 387 g/mol. The Kier molecular flexibility index (Phi) is 5.84. The number of aromatic nitrogens is 2. The third kappa shape index (κ3) is 4.25. The molecule has 1 aliphatic rings. The van der Waals surface area contributed by atoms with Gasteiger partial charge in [-0.2, -0.15) is 0 Å². The molecule has 0 atom stereocenters. The van der Waals surface area contributed by atoms with Crippen molar-refractivity contribution < 1.29 is 9.53 Å². The first kappa shape index (κ1) is 19.7. The van der Waals surface area contributed by atoms with Gasteiger partial charge in [-0.1, -0.05) is 6.07 Å². The summed E-state index contributed by atoms with van der Waals surface area (Å²) in [5.74, 6) is 1.16. The standard InChI is InChI=1S/C19H25N5O4/c1-13(25)21-14-6-4-7-15(10-14)28-9-5-8-24-11-16-17(20-12-24)22(2)19(27)23(3)18(16)26/h4,6-7,10,20H,5,8-9,11-12H2,1-3H3,(H,21,25). The average Bonchev–Trinajstić information content (AvgIpc) is 2.67. The third-order valence-electron chi connectivity index (χ3n) is 4.65. The molecule has 0 spiro atoms. The molecule has 9 nitrogen and oxygen atoms in total.